The maximum absolute atomic E-state index is 13.0. The number of rotatable bonds is 2. The number of benzene rings is 1. The molecule has 0 saturated carbocycles. The molecule has 0 aliphatic rings. The highest BCUT2D eigenvalue weighted by atomic mass is 35.5. The van der Waals surface area contributed by atoms with E-state index in [1.54, 1.807) is 12.1 Å². The monoisotopic (exact) mass is 242 g/mol. The highest BCUT2D eigenvalue weighted by Gasteiger charge is 2.14. The minimum atomic E-state index is -0.728. The van der Waals surface area contributed by atoms with Crippen molar-refractivity contribution in [3.63, 3.8) is 0 Å². The van der Waals surface area contributed by atoms with Crippen molar-refractivity contribution in [3.8, 4) is 0 Å². The molecule has 3 nitrogen and oxygen atoms in total. The van der Waals surface area contributed by atoms with Crippen LogP contribution >= 0.6 is 11.6 Å². The summed E-state index contributed by atoms with van der Waals surface area (Å²) in [6.45, 7) is 0. The number of hydrogen-bond donors (Lipinski definition) is 0. The lowest BCUT2D eigenvalue weighted by Gasteiger charge is -2.01. The number of fused-ring (bicyclic) bond motifs is 1. The molecule has 16 heavy (non-hydrogen) atoms. The topological polar surface area (TPSA) is 39.4 Å². The zero-order valence-electron chi connectivity index (χ0n) is 8.42. The van der Waals surface area contributed by atoms with Crippen LogP contribution in [0.5, 0.6) is 0 Å². The maximum atomic E-state index is 13.0. The van der Waals surface area contributed by atoms with Crippen LogP contribution in [0.3, 0.4) is 0 Å². The van der Waals surface area contributed by atoms with Crippen molar-refractivity contribution in [3.05, 3.63) is 34.8 Å². The van der Waals surface area contributed by atoms with Gasteiger partial charge in [0.05, 0.1) is 18.6 Å². The SMILES string of the molecule is COC(=O)Cc1ccc(Cl)c2cc(F)oc12. The fourth-order valence-electron chi connectivity index (χ4n) is 1.48. The summed E-state index contributed by atoms with van der Waals surface area (Å²) in [5, 5.41) is 0.844. The van der Waals surface area contributed by atoms with E-state index in [0.717, 1.165) is 0 Å². The molecule has 0 saturated heterocycles. The van der Waals surface area contributed by atoms with E-state index in [1.807, 2.05) is 0 Å². The Morgan fingerprint density at radius 1 is 1.56 bits per heavy atom. The van der Waals surface area contributed by atoms with E-state index in [9.17, 15) is 9.18 Å². The molecule has 0 radical (unpaired) electrons. The molecule has 0 aliphatic carbocycles. The van der Waals surface area contributed by atoms with E-state index in [-0.39, 0.29) is 12.0 Å². The molecule has 0 spiro atoms. The average Bonchev–Trinajstić information content (AvgIpc) is 2.65. The molecule has 2 aromatic rings. The summed E-state index contributed by atoms with van der Waals surface area (Å²) >= 11 is 5.87. The van der Waals surface area contributed by atoms with Crippen molar-refractivity contribution in [1.29, 1.82) is 0 Å². The first kappa shape index (κ1) is 11.0. The second-order valence-electron chi connectivity index (χ2n) is 3.25. The Labute approximate surface area is 95.7 Å². The normalized spacial score (nSPS) is 10.7. The van der Waals surface area contributed by atoms with Crippen molar-refractivity contribution >= 4 is 28.5 Å². The number of esters is 1. The van der Waals surface area contributed by atoms with Crippen molar-refractivity contribution < 1.29 is 18.3 Å². The zero-order chi connectivity index (χ0) is 11.7. The molecule has 0 fully saturated rings. The lowest BCUT2D eigenvalue weighted by Crippen LogP contribution is -2.04. The molecule has 1 aromatic carbocycles. The van der Waals surface area contributed by atoms with E-state index >= 15 is 0 Å². The molecule has 0 amide bonds. The maximum Gasteiger partial charge on any atom is 0.310 e. The van der Waals surface area contributed by atoms with Gasteiger partial charge in [-0.25, -0.2) is 0 Å². The molecule has 84 valence electrons. The fourth-order valence-corrected chi connectivity index (χ4v) is 1.69. The third-order valence-electron chi connectivity index (χ3n) is 2.24. The Morgan fingerprint density at radius 3 is 3.00 bits per heavy atom. The van der Waals surface area contributed by atoms with Crippen LogP contribution < -0.4 is 0 Å². The standard InChI is InChI=1S/C11H8ClFO3/c1-15-10(14)4-6-2-3-8(12)7-5-9(13)16-11(6)7/h2-3,5H,4H2,1H3. The van der Waals surface area contributed by atoms with Gasteiger partial charge >= 0.3 is 5.97 Å². The highest BCUT2D eigenvalue weighted by molar-refractivity contribution is 6.35. The molecule has 0 atom stereocenters. The van der Waals surface area contributed by atoms with Crippen LogP contribution in [-0.2, 0) is 16.0 Å². The Kier molecular flexibility index (Phi) is 2.83. The van der Waals surface area contributed by atoms with E-state index in [2.05, 4.69) is 4.74 Å². The summed E-state index contributed by atoms with van der Waals surface area (Å²) in [6, 6.07) is 3.68. The molecule has 5 heteroatoms. The number of halogens is 2. The first-order chi connectivity index (χ1) is 7.61. The Bertz CT molecular complexity index is 547. The summed E-state index contributed by atoms with van der Waals surface area (Å²) in [6.07, 6.45) is 0.0249. The van der Waals surface area contributed by atoms with Gasteiger partial charge in [-0.1, -0.05) is 17.7 Å². The molecule has 0 aliphatic heterocycles. The predicted molar refractivity (Wildman–Crippen MR) is 56.9 cm³/mol. The predicted octanol–water partition coefficient (Wildman–Crippen LogP) is 2.94. The quantitative estimate of drug-likeness (QED) is 0.760. The Balaban J connectivity index is 2.53. The zero-order valence-corrected chi connectivity index (χ0v) is 9.18. The number of hydrogen-bond acceptors (Lipinski definition) is 3. The van der Waals surface area contributed by atoms with Crippen LogP contribution in [0, 0.1) is 6.01 Å². The number of furan rings is 1. The number of ether oxygens (including phenoxy) is 1. The van der Waals surface area contributed by atoms with Gasteiger partial charge in [0.2, 0.25) is 0 Å². The largest absolute Gasteiger partial charge is 0.469 e. The summed E-state index contributed by atoms with van der Waals surface area (Å²) in [7, 11) is 1.29. The van der Waals surface area contributed by atoms with Gasteiger partial charge in [0.25, 0.3) is 6.01 Å². The fraction of sp³-hybridized carbons (Fsp3) is 0.182. The minimum Gasteiger partial charge on any atom is -0.469 e. The number of carbonyl (C=O) groups is 1. The van der Waals surface area contributed by atoms with Gasteiger partial charge in [-0.3, -0.25) is 4.79 Å². The molecule has 0 unspecified atom stereocenters. The lowest BCUT2D eigenvalue weighted by molar-refractivity contribution is -0.139. The second-order valence-corrected chi connectivity index (χ2v) is 3.66. The first-order valence-electron chi connectivity index (χ1n) is 4.55. The summed E-state index contributed by atoms with van der Waals surface area (Å²) in [5.74, 6) is -0.416. The summed E-state index contributed by atoms with van der Waals surface area (Å²) < 4.78 is 22.4. The molecule has 1 aromatic heterocycles. The van der Waals surface area contributed by atoms with E-state index in [1.165, 1.54) is 13.2 Å². The molecule has 1 heterocycles. The molecular weight excluding hydrogens is 235 g/mol. The minimum absolute atomic E-state index is 0.0249. The number of carbonyl (C=O) groups excluding carboxylic acids is 1. The van der Waals surface area contributed by atoms with Crippen molar-refractivity contribution in [2.45, 2.75) is 6.42 Å². The van der Waals surface area contributed by atoms with Crippen molar-refractivity contribution in [2.75, 3.05) is 7.11 Å². The average molecular weight is 243 g/mol. The summed E-state index contributed by atoms with van der Waals surface area (Å²) in [5.41, 5.74) is 0.838. The van der Waals surface area contributed by atoms with Crippen LogP contribution in [0.15, 0.2) is 22.6 Å². The van der Waals surface area contributed by atoms with Gasteiger partial charge in [0.15, 0.2) is 0 Å². The van der Waals surface area contributed by atoms with E-state index in [0.29, 0.717) is 16.0 Å². The Hall–Kier alpha value is -1.55. The van der Waals surface area contributed by atoms with Gasteiger partial charge in [0, 0.05) is 17.0 Å². The number of methoxy groups -OCH3 is 1. The van der Waals surface area contributed by atoms with Gasteiger partial charge in [-0.05, 0) is 6.07 Å². The first-order valence-corrected chi connectivity index (χ1v) is 4.93. The third-order valence-corrected chi connectivity index (χ3v) is 2.57. The summed E-state index contributed by atoms with van der Waals surface area (Å²) in [4.78, 5) is 11.1. The third kappa shape index (κ3) is 1.88. The molecule has 0 N–H and O–H groups in total. The van der Waals surface area contributed by atoms with Gasteiger partial charge in [-0.15, -0.1) is 0 Å². The van der Waals surface area contributed by atoms with Crippen LogP contribution in [0.25, 0.3) is 11.0 Å². The van der Waals surface area contributed by atoms with E-state index < -0.39 is 12.0 Å². The van der Waals surface area contributed by atoms with Crippen LogP contribution in [0.1, 0.15) is 5.56 Å². The molecule has 2 rings (SSSR count). The lowest BCUT2D eigenvalue weighted by atomic mass is 10.1. The van der Waals surface area contributed by atoms with Crippen LogP contribution in [0.2, 0.25) is 5.02 Å². The van der Waals surface area contributed by atoms with Gasteiger partial charge < -0.3 is 9.15 Å². The van der Waals surface area contributed by atoms with Gasteiger partial charge in [0.1, 0.15) is 5.58 Å². The molecular formula is C11H8ClFO3. The van der Waals surface area contributed by atoms with Crippen LogP contribution in [0.4, 0.5) is 4.39 Å². The smallest absolute Gasteiger partial charge is 0.310 e. The highest BCUT2D eigenvalue weighted by Crippen LogP contribution is 2.29. The Morgan fingerprint density at radius 2 is 2.31 bits per heavy atom. The van der Waals surface area contributed by atoms with Crippen LogP contribution in [-0.4, -0.2) is 13.1 Å². The van der Waals surface area contributed by atoms with E-state index in [4.69, 9.17) is 16.0 Å². The molecule has 0 bridgehead atoms. The van der Waals surface area contributed by atoms with Crippen molar-refractivity contribution in [2.24, 2.45) is 0 Å². The van der Waals surface area contributed by atoms with Gasteiger partial charge in [-0.2, -0.15) is 4.39 Å². The second kappa shape index (κ2) is 4.14. The van der Waals surface area contributed by atoms with Crippen molar-refractivity contribution in [1.82, 2.24) is 0 Å².